The molecule has 7 heteroatoms. The zero-order valence-corrected chi connectivity index (χ0v) is 10.0. The second kappa shape index (κ2) is 5.19. The molecule has 1 aromatic rings. The highest BCUT2D eigenvalue weighted by atomic mass is 16.4. The Bertz CT molecular complexity index is 449. The van der Waals surface area contributed by atoms with E-state index in [2.05, 4.69) is 10.3 Å². The molecule has 18 heavy (non-hydrogen) atoms. The topological polar surface area (TPSA) is 86.0 Å². The zero-order valence-electron chi connectivity index (χ0n) is 10.0. The number of piperazine rings is 1. The summed E-state index contributed by atoms with van der Waals surface area (Å²) in [4.78, 5) is 24.6. The average Bonchev–Trinajstić information content (AvgIpc) is 2.81. The predicted molar refractivity (Wildman–Crippen MR) is 62.2 cm³/mol. The number of carboxylic acid groups (broad SMARTS) is 1. The van der Waals surface area contributed by atoms with Crippen molar-refractivity contribution >= 4 is 11.9 Å². The molecular weight excluding hydrogens is 238 g/mol. The normalized spacial score (nSPS) is 17.6. The van der Waals surface area contributed by atoms with Crippen LogP contribution < -0.4 is 5.43 Å². The molecule has 1 aliphatic rings. The Labute approximate surface area is 104 Å². The minimum Gasteiger partial charge on any atom is -0.475 e. The molecule has 2 heterocycles. The second-order valence-electron chi connectivity index (χ2n) is 4.20. The Balaban J connectivity index is 1.93. The number of aromatic carboxylic acids is 1. The first-order chi connectivity index (χ1) is 8.56. The highest BCUT2D eigenvalue weighted by Crippen LogP contribution is 2.08. The summed E-state index contributed by atoms with van der Waals surface area (Å²) in [6.45, 7) is 3.21. The predicted octanol–water partition coefficient (Wildman–Crippen LogP) is -0.130. The lowest BCUT2D eigenvalue weighted by Gasteiger charge is -2.32. The van der Waals surface area contributed by atoms with Gasteiger partial charge in [-0.15, -0.1) is 0 Å². The smallest absolute Gasteiger partial charge is 0.371 e. The van der Waals surface area contributed by atoms with Crippen molar-refractivity contribution < 1.29 is 19.1 Å². The van der Waals surface area contributed by atoms with Crippen LogP contribution >= 0.6 is 0 Å². The summed E-state index contributed by atoms with van der Waals surface area (Å²) in [6.07, 6.45) is 0. The number of carbonyl (C=O) groups is 2. The van der Waals surface area contributed by atoms with Gasteiger partial charge in [0.1, 0.15) is 0 Å². The molecule has 0 aliphatic carbocycles. The minimum absolute atomic E-state index is 0.00586. The first-order valence-electron chi connectivity index (χ1n) is 5.64. The number of nitrogens with zero attached hydrogens (tertiary/aromatic N) is 2. The molecule has 2 rings (SSSR count). The summed E-state index contributed by atoms with van der Waals surface area (Å²) in [7, 11) is 2.02. The average molecular weight is 253 g/mol. The number of likely N-dealkylation sites (N-methyl/N-ethyl adjacent to an activating group) is 1. The molecule has 0 aromatic carbocycles. The molecule has 1 saturated heterocycles. The number of hydrazine groups is 1. The maximum absolute atomic E-state index is 11.8. The summed E-state index contributed by atoms with van der Waals surface area (Å²) in [5.41, 5.74) is 2.69. The van der Waals surface area contributed by atoms with E-state index in [1.165, 1.54) is 12.1 Å². The number of carboxylic acids is 1. The third-order valence-corrected chi connectivity index (χ3v) is 2.80. The third kappa shape index (κ3) is 2.88. The van der Waals surface area contributed by atoms with Crippen molar-refractivity contribution in [3.8, 4) is 0 Å². The van der Waals surface area contributed by atoms with Crippen LogP contribution in [0.2, 0.25) is 0 Å². The van der Waals surface area contributed by atoms with E-state index < -0.39 is 11.9 Å². The van der Waals surface area contributed by atoms with Crippen LogP contribution in [-0.2, 0) is 0 Å². The van der Waals surface area contributed by atoms with E-state index in [9.17, 15) is 9.59 Å². The van der Waals surface area contributed by atoms with E-state index >= 15 is 0 Å². The molecule has 0 spiro atoms. The summed E-state index contributed by atoms with van der Waals surface area (Å²) in [6, 6.07) is 2.62. The van der Waals surface area contributed by atoms with Crippen LogP contribution in [-0.4, -0.2) is 60.1 Å². The van der Waals surface area contributed by atoms with Crippen LogP contribution in [0.4, 0.5) is 0 Å². The zero-order chi connectivity index (χ0) is 13.1. The Morgan fingerprint density at radius 1 is 1.22 bits per heavy atom. The molecule has 1 fully saturated rings. The van der Waals surface area contributed by atoms with Crippen molar-refractivity contribution in [2.45, 2.75) is 0 Å². The van der Waals surface area contributed by atoms with Crippen LogP contribution in [0.15, 0.2) is 16.5 Å². The van der Waals surface area contributed by atoms with Gasteiger partial charge in [-0.1, -0.05) is 0 Å². The van der Waals surface area contributed by atoms with Crippen molar-refractivity contribution in [1.29, 1.82) is 0 Å². The Kier molecular flexibility index (Phi) is 3.63. The van der Waals surface area contributed by atoms with Crippen molar-refractivity contribution in [3.63, 3.8) is 0 Å². The van der Waals surface area contributed by atoms with Gasteiger partial charge in [-0.3, -0.25) is 10.2 Å². The number of rotatable bonds is 3. The van der Waals surface area contributed by atoms with Crippen LogP contribution in [0, 0.1) is 0 Å². The van der Waals surface area contributed by atoms with Gasteiger partial charge in [-0.2, -0.15) is 0 Å². The molecule has 0 atom stereocenters. The van der Waals surface area contributed by atoms with Gasteiger partial charge in [-0.05, 0) is 19.2 Å². The van der Waals surface area contributed by atoms with Crippen molar-refractivity contribution in [3.05, 3.63) is 23.7 Å². The lowest BCUT2D eigenvalue weighted by Crippen LogP contribution is -2.52. The van der Waals surface area contributed by atoms with Crippen LogP contribution in [0.3, 0.4) is 0 Å². The highest BCUT2D eigenvalue weighted by Gasteiger charge is 2.19. The Morgan fingerprint density at radius 3 is 2.39 bits per heavy atom. The van der Waals surface area contributed by atoms with Crippen LogP contribution in [0.5, 0.6) is 0 Å². The summed E-state index contributed by atoms with van der Waals surface area (Å²) >= 11 is 0. The molecular formula is C11H15N3O4. The molecule has 0 bridgehead atoms. The van der Waals surface area contributed by atoms with Crippen LogP contribution in [0.1, 0.15) is 21.1 Å². The summed E-state index contributed by atoms with van der Waals surface area (Å²) < 4.78 is 4.92. The molecule has 1 aromatic heterocycles. The molecule has 1 amide bonds. The van der Waals surface area contributed by atoms with Gasteiger partial charge in [-0.25, -0.2) is 9.80 Å². The van der Waals surface area contributed by atoms with Gasteiger partial charge >= 0.3 is 11.9 Å². The molecule has 2 N–H and O–H groups in total. The van der Waals surface area contributed by atoms with Crippen molar-refractivity contribution in [2.75, 3.05) is 33.2 Å². The highest BCUT2D eigenvalue weighted by molar-refractivity contribution is 5.93. The number of carbonyl (C=O) groups excluding carboxylic acids is 1. The van der Waals surface area contributed by atoms with Gasteiger partial charge in [0.15, 0.2) is 5.76 Å². The van der Waals surface area contributed by atoms with E-state index in [4.69, 9.17) is 9.52 Å². The Hall–Kier alpha value is -1.86. The quantitative estimate of drug-likeness (QED) is 0.780. The standard InChI is InChI=1S/C11H15N3O4/c1-13-4-6-14(7-5-13)12-10(15)8-2-3-9(18-8)11(16)17/h2-3H,4-7H2,1H3,(H,12,15)(H,16,17). The molecule has 1 aliphatic heterocycles. The maximum atomic E-state index is 11.8. The SMILES string of the molecule is CN1CCN(NC(=O)c2ccc(C(=O)O)o2)CC1. The number of hydrogen-bond acceptors (Lipinski definition) is 5. The third-order valence-electron chi connectivity index (χ3n) is 2.80. The number of amides is 1. The minimum atomic E-state index is -1.19. The summed E-state index contributed by atoms with van der Waals surface area (Å²) in [5, 5.41) is 10.5. The van der Waals surface area contributed by atoms with E-state index in [0.29, 0.717) is 0 Å². The van der Waals surface area contributed by atoms with Gasteiger partial charge in [0.2, 0.25) is 5.76 Å². The van der Waals surface area contributed by atoms with Gasteiger partial charge < -0.3 is 14.4 Å². The fraction of sp³-hybridized carbons (Fsp3) is 0.455. The number of hydrogen-bond donors (Lipinski definition) is 2. The number of furan rings is 1. The maximum Gasteiger partial charge on any atom is 0.371 e. The van der Waals surface area contributed by atoms with Crippen molar-refractivity contribution in [1.82, 2.24) is 15.3 Å². The van der Waals surface area contributed by atoms with Gasteiger partial charge in [0, 0.05) is 26.2 Å². The second-order valence-corrected chi connectivity index (χ2v) is 4.20. The van der Waals surface area contributed by atoms with Gasteiger partial charge in [0.05, 0.1) is 0 Å². The molecule has 0 unspecified atom stereocenters. The van der Waals surface area contributed by atoms with Crippen LogP contribution in [0.25, 0.3) is 0 Å². The molecule has 7 nitrogen and oxygen atoms in total. The number of nitrogens with one attached hydrogen (secondary N) is 1. The fourth-order valence-corrected chi connectivity index (χ4v) is 1.69. The molecule has 98 valence electrons. The molecule has 0 saturated carbocycles. The van der Waals surface area contributed by atoms with Gasteiger partial charge in [0.25, 0.3) is 0 Å². The first-order valence-corrected chi connectivity index (χ1v) is 5.64. The van der Waals surface area contributed by atoms with Crippen molar-refractivity contribution in [2.24, 2.45) is 0 Å². The Morgan fingerprint density at radius 2 is 1.83 bits per heavy atom. The molecule has 0 radical (unpaired) electrons. The monoisotopic (exact) mass is 253 g/mol. The van der Waals surface area contributed by atoms with E-state index in [1.807, 2.05) is 7.05 Å². The largest absolute Gasteiger partial charge is 0.475 e. The first kappa shape index (κ1) is 12.6. The van der Waals surface area contributed by atoms with E-state index in [1.54, 1.807) is 5.01 Å². The lowest BCUT2D eigenvalue weighted by molar-refractivity contribution is 0.0619. The van der Waals surface area contributed by atoms with E-state index in [-0.39, 0.29) is 11.5 Å². The lowest BCUT2D eigenvalue weighted by atomic mass is 10.4. The summed E-state index contributed by atoms with van der Waals surface area (Å²) in [5.74, 6) is -1.84. The fourth-order valence-electron chi connectivity index (χ4n) is 1.69. The van der Waals surface area contributed by atoms with E-state index in [0.717, 1.165) is 26.2 Å².